The van der Waals surface area contributed by atoms with Gasteiger partial charge in [-0.3, -0.25) is 9.78 Å². The number of para-hydroxylation sites is 1. The number of aromatic nitrogens is 4. The Balaban J connectivity index is 1.23. The highest BCUT2D eigenvalue weighted by atomic mass is 16.2. The zero-order valence-corrected chi connectivity index (χ0v) is 16.2. The summed E-state index contributed by atoms with van der Waals surface area (Å²) in [5.41, 5.74) is 2.52. The molecule has 3 aromatic rings. The lowest BCUT2D eigenvalue weighted by Gasteiger charge is -2.46. The number of carbonyl (C=O) groups is 1. The van der Waals surface area contributed by atoms with Crippen LogP contribution in [-0.2, 0) is 11.3 Å². The minimum Gasteiger partial charge on any atom is -0.330 e. The van der Waals surface area contributed by atoms with Crippen LogP contribution in [-0.4, -0.2) is 45.0 Å². The van der Waals surface area contributed by atoms with Crippen LogP contribution >= 0.6 is 0 Å². The zero-order chi connectivity index (χ0) is 19.6. The molecule has 0 aliphatic carbocycles. The number of fused-ring (bicyclic) bond motifs is 3. The molecule has 7 heteroatoms. The molecular formula is C22H25N6O+. The fourth-order valence-electron chi connectivity index (χ4n) is 4.82. The molecule has 2 bridgehead atoms. The molecule has 1 aromatic carbocycles. The standard InChI is InChI=1S/C22H24N6O/c29-22(24-17-6-2-1-3-7-17)19-14-27-11-9-16(19)12-18(27)13-28-15-21(25-26-28)20-8-4-5-10-23-20/h1-8,10,15-16,18-19H,9,11-14H2,(H,24,29)/p+1/t16-,18+,19-/m0/s1. The lowest BCUT2D eigenvalue weighted by atomic mass is 9.75. The van der Waals surface area contributed by atoms with Crippen LogP contribution < -0.4 is 10.2 Å². The van der Waals surface area contributed by atoms with Crippen molar-refractivity contribution in [2.24, 2.45) is 11.8 Å². The molecule has 2 aromatic heterocycles. The fraction of sp³-hybridized carbons (Fsp3) is 0.364. The number of amides is 1. The Hall–Kier alpha value is -3.06. The third-order valence-electron chi connectivity index (χ3n) is 6.30. The van der Waals surface area contributed by atoms with Gasteiger partial charge in [-0.15, -0.1) is 5.10 Å². The maximum absolute atomic E-state index is 12.8. The van der Waals surface area contributed by atoms with E-state index in [1.807, 2.05) is 59.4 Å². The Morgan fingerprint density at radius 2 is 2.00 bits per heavy atom. The Morgan fingerprint density at radius 1 is 1.14 bits per heavy atom. The maximum Gasteiger partial charge on any atom is 0.233 e. The van der Waals surface area contributed by atoms with E-state index in [4.69, 9.17) is 0 Å². The average Bonchev–Trinajstić information content (AvgIpc) is 3.24. The minimum absolute atomic E-state index is 0.0926. The summed E-state index contributed by atoms with van der Waals surface area (Å²) in [4.78, 5) is 18.7. The van der Waals surface area contributed by atoms with Gasteiger partial charge in [0.05, 0.1) is 37.4 Å². The highest BCUT2D eigenvalue weighted by Gasteiger charge is 2.46. The van der Waals surface area contributed by atoms with Crippen molar-refractivity contribution in [3.63, 3.8) is 0 Å². The summed E-state index contributed by atoms with van der Waals surface area (Å²) in [7, 11) is 0. The van der Waals surface area contributed by atoms with Crippen LogP contribution in [0.3, 0.4) is 0 Å². The lowest BCUT2D eigenvalue weighted by Crippen LogP contribution is -3.20. The van der Waals surface area contributed by atoms with Gasteiger partial charge in [0.1, 0.15) is 11.7 Å². The van der Waals surface area contributed by atoms with Crippen LogP contribution in [0.1, 0.15) is 12.8 Å². The normalized spacial score (nSPS) is 25.7. The molecule has 148 valence electrons. The first-order valence-electron chi connectivity index (χ1n) is 10.3. The van der Waals surface area contributed by atoms with Crippen LogP contribution in [0.25, 0.3) is 11.4 Å². The predicted octanol–water partition coefficient (Wildman–Crippen LogP) is 1.27. The number of rotatable bonds is 5. The van der Waals surface area contributed by atoms with E-state index in [0.29, 0.717) is 12.0 Å². The molecule has 3 fully saturated rings. The number of hydrogen-bond donors (Lipinski definition) is 2. The molecule has 29 heavy (non-hydrogen) atoms. The Bertz CT molecular complexity index is 973. The van der Waals surface area contributed by atoms with Crippen molar-refractivity contribution in [2.75, 3.05) is 18.4 Å². The number of benzene rings is 1. The van der Waals surface area contributed by atoms with Gasteiger partial charge >= 0.3 is 0 Å². The Kier molecular flexibility index (Phi) is 4.81. The molecule has 7 nitrogen and oxygen atoms in total. The van der Waals surface area contributed by atoms with E-state index in [0.717, 1.165) is 49.6 Å². The lowest BCUT2D eigenvalue weighted by molar-refractivity contribution is -0.945. The van der Waals surface area contributed by atoms with Gasteiger partial charge in [0.15, 0.2) is 0 Å². The van der Waals surface area contributed by atoms with Crippen molar-refractivity contribution in [3.05, 3.63) is 60.9 Å². The van der Waals surface area contributed by atoms with E-state index in [-0.39, 0.29) is 11.8 Å². The smallest absolute Gasteiger partial charge is 0.233 e. The van der Waals surface area contributed by atoms with E-state index < -0.39 is 0 Å². The largest absolute Gasteiger partial charge is 0.330 e. The van der Waals surface area contributed by atoms with Crippen LogP contribution in [0.5, 0.6) is 0 Å². The van der Waals surface area contributed by atoms with Crippen molar-refractivity contribution in [1.82, 2.24) is 20.0 Å². The van der Waals surface area contributed by atoms with Crippen LogP contribution in [0, 0.1) is 11.8 Å². The van der Waals surface area contributed by atoms with Gasteiger partial charge in [-0.25, -0.2) is 4.68 Å². The number of pyridine rings is 1. The number of nitrogens with one attached hydrogen (secondary N) is 2. The fourth-order valence-corrected chi connectivity index (χ4v) is 4.82. The van der Waals surface area contributed by atoms with Gasteiger partial charge in [-0.2, -0.15) is 0 Å². The molecule has 3 saturated heterocycles. The zero-order valence-electron chi connectivity index (χ0n) is 16.2. The van der Waals surface area contributed by atoms with Gasteiger partial charge in [-0.1, -0.05) is 29.5 Å². The second-order valence-corrected chi connectivity index (χ2v) is 8.10. The number of hydrogen-bond acceptors (Lipinski definition) is 4. The SMILES string of the molecule is O=C(Nc1ccccc1)[C@H]1C[NH+]2CC[C@H]1C[C@@H]2Cn1cc(-c2ccccn2)nn1. The van der Waals surface area contributed by atoms with Crippen molar-refractivity contribution in [3.8, 4) is 11.4 Å². The van der Waals surface area contributed by atoms with E-state index in [9.17, 15) is 4.79 Å². The molecule has 0 saturated carbocycles. The predicted molar refractivity (Wildman–Crippen MR) is 109 cm³/mol. The van der Waals surface area contributed by atoms with Gasteiger partial charge in [0.25, 0.3) is 0 Å². The highest BCUT2D eigenvalue weighted by Crippen LogP contribution is 2.28. The number of piperidine rings is 3. The topological polar surface area (TPSA) is 77.1 Å². The molecule has 6 rings (SSSR count). The van der Waals surface area contributed by atoms with Gasteiger partial charge in [-0.05, 0) is 30.2 Å². The Labute approximate surface area is 169 Å². The summed E-state index contributed by atoms with van der Waals surface area (Å²) >= 11 is 0. The van der Waals surface area contributed by atoms with E-state index in [1.54, 1.807) is 6.20 Å². The first kappa shape index (κ1) is 18.0. The quantitative estimate of drug-likeness (QED) is 0.689. The number of carbonyl (C=O) groups excluding carboxylic acids is 1. The van der Waals surface area contributed by atoms with Gasteiger partial charge in [0, 0.05) is 24.7 Å². The van der Waals surface area contributed by atoms with E-state index in [2.05, 4.69) is 20.6 Å². The molecule has 2 N–H and O–H groups in total. The summed E-state index contributed by atoms with van der Waals surface area (Å²) in [6.07, 6.45) is 5.92. The second-order valence-electron chi connectivity index (χ2n) is 8.10. The van der Waals surface area contributed by atoms with E-state index >= 15 is 0 Å². The molecule has 1 amide bonds. The van der Waals surface area contributed by atoms with Crippen molar-refractivity contribution in [2.45, 2.75) is 25.4 Å². The molecule has 4 atom stereocenters. The summed E-state index contributed by atoms with van der Waals surface area (Å²) in [5, 5.41) is 11.7. The first-order valence-corrected chi connectivity index (χ1v) is 10.3. The summed E-state index contributed by atoms with van der Waals surface area (Å²) in [5.74, 6) is 0.699. The van der Waals surface area contributed by atoms with Gasteiger partial charge in [0.2, 0.25) is 5.91 Å². The van der Waals surface area contributed by atoms with Gasteiger partial charge < -0.3 is 10.2 Å². The van der Waals surface area contributed by atoms with Crippen LogP contribution in [0.15, 0.2) is 60.9 Å². The van der Waals surface area contributed by atoms with E-state index in [1.165, 1.54) is 4.90 Å². The highest BCUT2D eigenvalue weighted by molar-refractivity contribution is 5.92. The Morgan fingerprint density at radius 3 is 2.76 bits per heavy atom. The van der Waals surface area contributed by atoms with Crippen molar-refractivity contribution in [1.29, 1.82) is 0 Å². The number of nitrogens with zero attached hydrogens (tertiary/aromatic N) is 4. The van der Waals surface area contributed by atoms with Crippen molar-refractivity contribution >= 4 is 11.6 Å². The average molecular weight is 389 g/mol. The molecule has 3 aliphatic heterocycles. The molecule has 0 radical (unpaired) electrons. The third kappa shape index (κ3) is 3.78. The summed E-state index contributed by atoms with van der Waals surface area (Å²) in [6.45, 7) is 2.86. The summed E-state index contributed by atoms with van der Waals surface area (Å²) < 4.78 is 1.93. The molecule has 3 aliphatic rings. The summed E-state index contributed by atoms with van der Waals surface area (Å²) in [6, 6.07) is 16.0. The molecule has 0 spiro atoms. The first-order chi connectivity index (χ1) is 14.3. The number of quaternary nitrogens is 1. The maximum atomic E-state index is 12.8. The molecule has 1 unspecified atom stereocenters. The minimum atomic E-state index is 0.0926. The molecular weight excluding hydrogens is 364 g/mol. The van der Waals surface area contributed by atoms with Crippen LogP contribution in [0.4, 0.5) is 5.69 Å². The van der Waals surface area contributed by atoms with Crippen molar-refractivity contribution < 1.29 is 9.69 Å². The second kappa shape index (κ2) is 7.75. The monoisotopic (exact) mass is 389 g/mol. The van der Waals surface area contributed by atoms with Crippen LogP contribution in [0.2, 0.25) is 0 Å². The molecule has 5 heterocycles. The number of anilines is 1. The third-order valence-corrected chi connectivity index (χ3v) is 6.30.